The Morgan fingerprint density at radius 1 is 1.21 bits per heavy atom. The minimum Gasteiger partial charge on any atom is -0.483 e. The molecule has 1 heterocycles. The smallest absolute Gasteiger partial charge is 0.220 e. The fourth-order valence-corrected chi connectivity index (χ4v) is 1.78. The summed E-state index contributed by atoms with van der Waals surface area (Å²) in [5.41, 5.74) is 0.0737. The van der Waals surface area contributed by atoms with Gasteiger partial charge in [-0.2, -0.15) is 0 Å². The van der Waals surface area contributed by atoms with Crippen LogP contribution in [0, 0.1) is 5.92 Å². The first kappa shape index (κ1) is 9.19. The van der Waals surface area contributed by atoms with E-state index in [9.17, 15) is 9.59 Å². The van der Waals surface area contributed by atoms with E-state index in [1.54, 1.807) is 0 Å². The SMILES string of the molecule is CC1C2=C(OC1(C)C)C(=O)C=CC2=O. The van der Waals surface area contributed by atoms with Crippen LogP contribution in [-0.4, -0.2) is 17.2 Å². The molecule has 0 N–H and O–H groups in total. The van der Waals surface area contributed by atoms with Crippen molar-refractivity contribution in [3.63, 3.8) is 0 Å². The maximum absolute atomic E-state index is 11.5. The highest BCUT2D eigenvalue weighted by atomic mass is 16.5. The van der Waals surface area contributed by atoms with Crippen LogP contribution in [0.15, 0.2) is 23.5 Å². The van der Waals surface area contributed by atoms with Crippen LogP contribution < -0.4 is 0 Å². The van der Waals surface area contributed by atoms with Gasteiger partial charge < -0.3 is 4.74 Å². The van der Waals surface area contributed by atoms with Gasteiger partial charge in [-0.25, -0.2) is 0 Å². The molecule has 0 aromatic heterocycles. The van der Waals surface area contributed by atoms with Gasteiger partial charge in [0, 0.05) is 5.92 Å². The molecule has 1 aliphatic heterocycles. The van der Waals surface area contributed by atoms with E-state index in [1.165, 1.54) is 12.2 Å². The third-order valence-electron chi connectivity index (χ3n) is 2.96. The van der Waals surface area contributed by atoms with Crippen molar-refractivity contribution in [1.29, 1.82) is 0 Å². The zero-order chi connectivity index (χ0) is 10.5. The fourth-order valence-electron chi connectivity index (χ4n) is 1.78. The van der Waals surface area contributed by atoms with E-state index in [-0.39, 0.29) is 23.2 Å². The van der Waals surface area contributed by atoms with Gasteiger partial charge in [-0.1, -0.05) is 6.92 Å². The summed E-state index contributed by atoms with van der Waals surface area (Å²) in [5, 5.41) is 0. The van der Waals surface area contributed by atoms with Crippen molar-refractivity contribution in [2.45, 2.75) is 26.4 Å². The van der Waals surface area contributed by atoms with Crippen molar-refractivity contribution in [2.75, 3.05) is 0 Å². The Balaban J connectivity index is 2.50. The number of hydrogen-bond acceptors (Lipinski definition) is 3. The molecule has 0 fully saturated rings. The largest absolute Gasteiger partial charge is 0.483 e. The lowest BCUT2D eigenvalue weighted by atomic mass is 9.84. The summed E-state index contributed by atoms with van der Waals surface area (Å²) in [5.74, 6) is -0.0800. The predicted octanol–water partition coefficient (Wildman–Crippen LogP) is 1.39. The Bertz CT molecular complexity index is 385. The van der Waals surface area contributed by atoms with Crippen LogP contribution in [0.4, 0.5) is 0 Å². The normalized spacial score (nSPS) is 29.2. The van der Waals surface area contributed by atoms with Crippen LogP contribution in [0.1, 0.15) is 20.8 Å². The molecule has 0 aromatic rings. The Morgan fingerprint density at radius 2 is 1.79 bits per heavy atom. The minimum absolute atomic E-state index is 0.0288. The van der Waals surface area contributed by atoms with E-state index in [2.05, 4.69) is 0 Å². The highest BCUT2D eigenvalue weighted by molar-refractivity contribution is 6.20. The lowest BCUT2D eigenvalue weighted by Crippen LogP contribution is -2.28. The molecule has 1 aliphatic carbocycles. The van der Waals surface area contributed by atoms with E-state index >= 15 is 0 Å². The van der Waals surface area contributed by atoms with E-state index in [0.717, 1.165) is 0 Å². The summed E-state index contributed by atoms with van der Waals surface area (Å²) in [4.78, 5) is 23.0. The second kappa shape index (κ2) is 2.56. The fraction of sp³-hybridized carbons (Fsp3) is 0.455. The first-order valence-corrected chi connectivity index (χ1v) is 4.63. The van der Waals surface area contributed by atoms with E-state index in [0.29, 0.717) is 5.57 Å². The van der Waals surface area contributed by atoms with Gasteiger partial charge in [0.25, 0.3) is 0 Å². The Labute approximate surface area is 82.4 Å². The number of carbonyl (C=O) groups excluding carboxylic acids is 2. The average molecular weight is 192 g/mol. The lowest BCUT2D eigenvalue weighted by Gasteiger charge is -2.24. The van der Waals surface area contributed by atoms with Gasteiger partial charge in [-0.3, -0.25) is 9.59 Å². The molecule has 2 rings (SSSR count). The second-order valence-corrected chi connectivity index (χ2v) is 4.23. The molecule has 0 saturated carbocycles. The first-order chi connectivity index (χ1) is 6.43. The number of allylic oxidation sites excluding steroid dienone is 2. The number of carbonyl (C=O) groups is 2. The van der Waals surface area contributed by atoms with Gasteiger partial charge in [-0.05, 0) is 26.0 Å². The molecule has 0 bridgehead atoms. The summed E-state index contributed by atoms with van der Waals surface area (Å²) in [6.07, 6.45) is 2.59. The van der Waals surface area contributed by atoms with Gasteiger partial charge >= 0.3 is 0 Å². The van der Waals surface area contributed by atoms with Crippen LogP contribution in [0.25, 0.3) is 0 Å². The predicted molar refractivity (Wildman–Crippen MR) is 50.5 cm³/mol. The standard InChI is InChI=1S/C11H12O3/c1-6-9-7(12)4-5-8(13)10(9)14-11(6,2)3/h4-6H,1-3H3. The Morgan fingerprint density at radius 3 is 2.36 bits per heavy atom. The third-order valence-corrected chi connectivity index (χ3v) is 2.96. The first-order valence-electron chi connectivity index (χ1n) is 4.63. The zero-order valence-corrected chi connectivity index (χ0v) is 8.46. The average Bonchev–Trinajstić information content (AvgIpc) is 2.33. The van der Waals surface area contributed by atoms with Gasteiger partial charge in [0.2, 0.25) is 5.78 Å². The van der Waals surface area contributed by atoms with Gasteiger partial charge in [0.05, 0.1) is 5.57 Å². The van der Waals surface area contributed by atoms with E-state index in [1.807, 2.05) is 20.8 Å². The van der Waals surface area contributed by atoms with Crippen LogP contribution >= 0.6 is 0 Å². The van der Waals surface area contributed by atoms with Crippen LogP contribution in [0.3, 0.4) is 0 Å². The topological polar surface area (TPSA) is 43.4 Å². The monoisotopic (exact) mass is 192 g/mol. The molecule has 14 heavy (non-hydrogen) atoms. The molecule has 0 saturated heterocycles. The summed E-state index contributed by atoms with van der Waals surface area (Å²) < 4.78 is 5.51. The molecular formula is C11H12O3. The third kappa shape index (κ3) is 1.05. The van der Waals surface area contributed by atoms with Gasteiger partial charge in [-0.15, -0.1) is 0 Å². The molecule has 0 amide bonds. The summed E-state index contributed by atoms with van der Waals surface area (Å²) >= 11 is 0. The summed E-state index contributed by atoms with van der Waals surface area (Å²) in [6, 6.07) is 0. The molecule has 74 valence electrons. The number of hydrogen-bond donors (Lipinski definition) is 0. The number of ether oxygens (including phenoxy) is 1. The van der Waals surface area contributed by atoms with Crippen LogP contribution in [-0.2, 0) is 14.3 Å². The molecule has 0 spiro atoms. The molecule has 0 radical (unpaired) electrons. The van der Waals surface area contributed by atoms with Crippen molar-refractivity contribution in [3.05, 3.63) is 23.5 Å². The number of ketones is 2. The van der Waals surface area contributed by atoms with Crippen molar-refractivity contribution in [1.82, 2.24) is 0 Å². The van der Waals surface area contributed by atoms with E-state index < -0.39 is 5.60 Å². The van der Waals surface area contributed by atoms with Gasteiger partial charge in [0.15, 0.2) is 11.5 Å². The van der Waals surface area contributed by atoms with Crippen molar-refractivity contribution in [2.24, 2.45) is 5.92 Å². The molecule has 1 atom stereocenters. The Kier molecular flexibility index (Phi) is 1.68. The summed E-state index contributed by atoms with van der Waals surface area (Å²) in [6.45, 7) is 5.68. The maximum Gasteiger partial charge on any atom is 0.220 e. The second-order valence-electron chi connectivity index (χ2n) is 4.23. The highest BCUT2D eigenvalue weighted by Crippen LogP contribution is 2.41. The number of rotatable bonds is 0. The van der Waals surface area contributed by atoms with Crippen molar-refractivity contribution in [3.8, 4) is 0 Å². The summed E-state index contributed by atoms with van der Waals surface area (Å²) in [7, 11) is 0. The zero-order valence-electron chi connectivity index (χ0n) is 8.46. The lowest BCUT2D eigenvalue weighted by molar-refractivity contribution is -0.118. The maximum atomic E-state index is 11.5. The molecular weight excluding hydrogens is 180 g/mol. The molecule has 0 aromatic carbocycles. The molecule has 2 aliphatic rings. The molecule has 3 heteroatoms. The van der Waals surface area contributed by atoms with Gasteiger partial charge in [0.1, 0.15) is 5.60 Å². The van der Waals surface area contributed by atoms with Crippen LogP contribution in [0.5, 0.6) is 0 Å². The molecule has 3 nitrogen and oxygen atoms in total. The minimum atomic E-state index is -0.456. The van der Waals surface area contributed by atoms with Crippen molar-refractivity contribution >= 4 is 11.6 Å². The van der Waals surface area contributed by atoms with Crippen LogP contribution in [0.2, 0.25) is 0 Å². The quantitative estimate of drug-likeness (QED) is 0.545. The Hall–Kier alpha value is -1.38. The van der Waals surface area contributed by atoms with E-state index in [4.69, 9.17) is 4.74 Å². The highest BCUT2D eigenvalue weighted by Gasteiger charge is 2.45. The van der Waals surface area contributed by atoms with Crippen molar-refractivity contribution < 1.29 is 14.3 Å². The molecule has 1 unspecified atom stereocenters.